The fourth-order valence-electron chi connectivity index (χ4n) is 3.80. The van der Waals surface area contributed by atoms with E-state index >= 15 is 0 Å². The molecule has 1 saturated heterocycles. The molecule has 0 aliphatic carbocycles. The van der Waals surface area contributed by atoms with Gasteiger partial charge in [-0.15, -0.1) is 5.98 Å². The van der Waals surface area contributed by atoms with Gasteiger partial charge in [-0.05, 0) is 80.9 Å². The van der Waals surface area contributed by atoms with Crippen molar-refractivity contribution in [1.82, 2.24) is 15.3 Å². The molecule has 4 rings (SSSR count). The molecular weight excluding hydrogens is 383 g/mol. The quantitative estimate of drug-likeness (QED) is 0.580. The molecule has 1 fully saturated rings. The standard InChI is InChI=1S/C24H31BN6/c1-15(2)27-13-18-11-19(8-6-17(18)4)28-23-22-21(9-10-25-22)30-24(31-23)29-20-7-5-16(3)12-26-14-20/h6,8-11,13,15-16,25-26H,5,7,12,14H2,1-4H3,(H,28,30,31)/b27-13-,29-20-. The molecule has 0 amide bonds. The second-order valence-electron chi connectivity index (χ2n) is 8.86. The van der Waals surface area contributed by atoms with Gasteiger partial charge < -0.3 is 10.6 Å². The van der Waals surface area contributed by atoms with Crippen LogP contribution in [0.3, 0.4) is 0 Å². The van der Waals surface area contributed by atoms with E-state index < -0.39 is 0 Å². The zero-order chi connectivity index (χ0) is 21.8. The maximum absolute atomic E-state index is 4.81. The minimum Gasteiger partial charge on any atom is -0.340 e. The van der Waals surface area contributed by atoms with Gasteiger partial charge in [-0.2, -0.15) is 4.98 Å². The summed E-state index contributed by atoms with van der Waals surface area (Å²) in [5.74, 6) is 4.17. The lowest BCUT2D eigenvalue weighted by molar-refractivity contribution is 0.527. The Morgan fingerprint density at radius 3 is 3.00 bits per heavy atom. The lowest BCUT2D eigenvalue weighted by Crippen LogP contribution is -2.23. The van der Waals surface area contributed by atoms with Gasteiger partial charge in [0, 0.05) is 30.2 Å². The average molecular weight is 414 g/mol. The molecule has 6 nitrogen and oxygen atoms in total. The highest BCUT2D eigenvalue weighted by atomic mass is 15.1. The second-order valence-corrected chi connectivity index (χ2v) is 8.86. The summed E-state index contributed by atoms with van der Waals surface area (Å²) in [6, 6.07) is 6.60. The molecule has 31 heavy (non-hydrogen) atoms. The van der Waals surface area contributed by atoms with Crippen LogP contribution in [0.1, 0.15) is 50.4 Å². The van der Waals surface area contributed by atoms with Crippen LogP contribution in [-0.4, -0.2) is 48.3 Å². The van der Waals surface area contributed by atoms with Crippen molar-refractivity contribution in [3.05, 3.63) is 41.0 Å². The van der Waals surface area contributed by atoms with E-state index in [9.17, 15) is 0 Å². The Balaban J connectivity index is 1.63. The number of nitrogens with zero attached hydrogens (tertiary/aromatic N) is 4. The highest BCUT2D eigenvalue weighted by Gasteiger charge is 2.18. The van der Waals surface area contributed by atoms with Gasteiger partial charge in [0.25, 0.3) is 5.95 Å². The van der Waals surface area contributed by atoms with Crippen LogP contribution >= 0.6 is 0 Å². The van der Waals surface area contributed by atoms with Crippen molar-refractivity contribution in [3.8, 4) is 0 Å². The number of hydrogen-bond donors (Lipinski definition) is 2. The first-order valence-electron chi connectivity index (χ1n) is 11.2. The molecule has 1 unspecified atom stereocenters. The molecule has 7 heteroatoms. The molecule has 0 radical (unpaired) electrons. The van der Waals surface area contributed by atoms with Gasteiger partial charge in [-0.1, -0.05) is 13.0 Å². The Labute approximate surface area is 185 Å². The third-order valence-corrected chi connectivity index (χ3v) is 5.68. The summed E-state index contributed by atoms with van der Waals surface area (Å²) >= 11 is 0. The van der Waals surface area contributed by atoms with E-state index in [1.807, 2.05) is 6.21 Å². The lowest BCUT2D eigenvalue weighted by atomic mass is 9.74. The fraction of sp³-hybridized carbons (Fsp3) is 0.417. The van der Waals surface area contributed by atoms with Gasteiger partial charge >= 0.3 is 0 Å². The van der Waals surface area contributed by atoms with Gasteiger partial charge in [0.1, 0.15) is 5.82 Å². The minimum absolute atomic E-state index is 0.273. The molecule has 3 heterocycles. The van der Waals surface area contributed by atoms with Gasteiger partial charge in [0.2, 0.25) is 0 Å². The van der Waals surface area contributed by atoms with Crippen LogP contribution in [0, 0.1) is 12.8 Å². The van der Waals surface area contributed by atoms with Crippen LogP contribution in [-0.2, 0) is 0 Å². The van der Waals surface area contributed by atoms with Crippen molar-refractivity contribution in [2.75, 3.05) is 18.4 Å². The number of aliphatic imine (C=N–C) groups is 2. The highest BCUT2D eigenvalue weighted by Crippen LogP contribution is 2.22. The van der Waals surface area contributed by atoms with E-state index in [1.165, 1.54) is 5.56 Å². The number of anilines is 2. The SMILES string of the molecule is Cc1ccc(Nc2nc(/N=C3/CCC(C)CNC3)nc3c2BC=C3)cc1/C=N\C(C)C. The van der Waals surface area contributed by atoms with Gasteiger partial charge in [-0.25, -0.2) is 9.98 Å². The molecule has 160 valence electrons. The van der Waals surface area contributed by atoms with Crippen molar-refractivity contribution in [2.45, 2.75) is 46.6 Å². The number of rotatable bonds is 5. The predicted octanol–water partition coefficient (Wildman–Crippen LogP) is 3.49. The van der Waals surface area contributed by atoms with Crippen LogP contribution in [0.5, 0.6) is 0 Å². The van der Waals surface area contributed by atoms with Crippen molar-refractivity contribution >= 4 is 48.2 Å². The van der Waals surface area contributed by atoms with E-state index in [4.69, 9.17) is 15.0 Å². The number of benzene rings is 1. The molecule has 1 aromatic heterocycles. The van der Waals surface area contributed by atoms with Crippen LogP contribution in [0.25, 0.3) is 6.08 Å². The summed E-state index contributed by atoms with van der Waals surface area (Å²) in [6.45, 7) is 10.4. The van der Waals surface area contributed by atoms with Gasteiger partial charge in [0.15, 0.2) is 7.28 Å². The highest BCUT2D eigenvalue weighted by molar-refractivity contribution is 6.64. The number of fused-ring (bicyclic) bond motifs is 1. The Morgan fingerprint density at radius 1 is 1.29 bits per heavy atom. The van der Waals surface area contributed by atoms with Gasteiger partial charge in [0.05, 0.1) is 5.69 Å². The number of aryl methyl sites for hydroxylation is 1. The summed E-state index contributed by atoms with van der Waals surface area (Å²) in [6.07, 6.45) is 6.15. The van der Waals surface area contributed by atoms with E-state index in [1.54, 1.807) is 0 Å². The maximum Gasteiger partial charge on any atom is 0.251 e. The molecule has 1 aromatic carbocycles. The zero-order valence-electron chi connectivity index (χ0n) is 18.9. The summed E-state index contributed by atoms with van der Waals surface area (Å²) in [7, 11) is 0.834. The third kappa shape index (κ3) is 5.47. The largest absolute Gasteiger partial charge is 0.340 e. The maximum atomic E-state index is 4.81. The second kappa shape index (κ2) is 9.56. The number of nitrogens with one attached hydrogen (secondary N) is 2. The smallest absolute Gasteiger partial charge is 0.251 e. The Bertz CT molecular complexity index is 1040. The molecular formula is C24H31BN6. The molecule has 2 aliphatic heterocycles. The molecule has 2 aliphatic rings. The van der Waals surface area contributed by atoms with E-state index in [0.29, 0.717) is 11.9 Å². The predicted molar refractivity (Wildman–Crippen MR) is 133 cm³/mol. The molecule has 0 bridgehead atoms. The van der Waals surface area contributed by atoms with Crippen molar-refractivity contribution < 1.29 is 0 Å². The normalized spacial score (nSPS) is 19.6. The lowest BCUT2D eigenvalue weighted by Gasteiger charge is -2.13. The number of hydrogen-bond acceptors (Lipinski definition) is 6. The first-order chi connectivity index (χ1) is 15.0. The Hall–Kier alpha value is -2.80. The third-order valence-electron chi connectivity index (χ3n) is 5.68. The summed E-state index contributed by atoms with van der Waals surface area (Å²) in [5.41, 5.74) is 6.51. The van der Waals surface area contributed by atoms with Crippen molar-refractivity contribution in [3.63, 3.8) is 0 Å². The first-order valence-corrected chi connectivity index (χ1v) is 11.2. The molecule has 2 N–H and O–H groups in total. The molecule has 2 aromatic rings. The van der Waals surface area contributed by atoms with Crippen LogP contribution in [0.2, 0.25) is 0 Å². The monoisotopic (exact) mass is 414 g/mol. The topological polar surface area (TPSA) is 74.6 Å². The Morgan fingerprint density at radius 2 is 2.16 bits per heavy atom. The number of aromatic nitrogens is 2. The molecule has 0 saturated carbocycles. The first kappa shape index (κ1) is 21.4. The van der Waals surface area contributed by atoms with E-state index in [0.717, 1.165) is 67.1 Å². The molecule has 1 atom stereocenters. The Kier molecular flexibility index (Phi) is 6.61. The zero-order valence-corrected chi connectivity index (χ0v) is 18.9. The summed E-state index contributed by atoms with van der Waals surface area (Å²) in [4.78, 5) is 18.9. The van der Waals surface area contributed by atoms with Crippen LogP contribution < -0.4 is 16.1 Å². The summed E-state index contributed by atoms with van der Waals surface area (Å²) in [5, 5.41) is 7.00. The molecule has 0 spiro atoms. The fourth-order valence-corrected chi connectivity index (χ4v) is 3.80. The van der Waals surface area contributed by atoms with Crippen molar-refractivity contribution in [2.24, 2.45) is 15.9 Å². The van der Waals surface area contributed by atoms with Crippen LogP contribution in [0.4, 0.5) is 17.5 Å². The van der Waals surface area contributed by atoms with Crippen molar-refractivity contribution in [1.29, 1.82) is 0 Å². The average Bonchev–Trinajstić information content (AvgIpc) is 3.12. The van der Waals surface area contributed by atoms with E-state index in [2.05, 4.69) is 73.6 Å². The van der Waals surface area contributed by atoms with Crippen LogP contribution in [0.15, 0.2) is 34.2 Å². The van der Waals surface area contributed by atoms with Gasteiger partial charge in [-0.3, -0.25) is 4.99 Å². The summed E-state index contributed by atoms with van der Waals surface area (Å²) < 4.78 is 0. The van der Waals surface area contributed by atoms with E-state index in [-0.39, 0.29) is 6.04 Å². The minimum atomic E-state index is 0.273.